The van der Waals surface area contributed by atoms with Gasteiger partial charge in [0.15, 0.2) is 0 Å². The molecule has 1 atom stereocenters. The van der Waals surface area contributed by atoms with Gasteiger partial charge in [0, 0.05) is 25.4 Å². The molecular formula is C18H20N2O4. The Morgan fingerprint density at radius 1 is 1.38 bits per heavy atom. The molecule has 126 valence electrons. The van der Waals surface area contributed by atoms with E-state index in [1.165, 1.54) is 0 Å². The highest BCUT2D eigenvalue weighted by molar-refractivity contribution is 5.86. The minimum absolute atomic E-state index is 0.0382. The van der Waals surface area contributed by atoms with Crippen molar-refractivity contribution < 1.29 is 18.7 Å². The zero-order valence-electron chi connectivity index (χ0n) is 13.4. The van der Waals surface area contributed by atoms with Crippen LogP contribution >= 0.6 is 0 Å². The van der Waals surface area contributed by atoms with E-state index in [4.69, 9.17) is 9.15 Å². The normalized spacial score (nSPS) is 17.2. The number of esters is 1. The molecule has 3 heterocycles. The minimum Gasteiger partial charge on any atom is -0.467 e. The summed E-state index contributed by atoms with van der Waals surface area (Å²) in [5, 5.41) is 0. The average molecular weight is 328 g/mol. The summed E-state index contributed by atoms with van der Waals surface area (Å²) in [6.45, 7) is 1.15. The minimum atomic E-state index is -0.383. The molecule has 1 aliphatic heterocycles. The van der Waals surface area contributed by atoms with Crippen LogP contribution in [0.5, 0.6) is 0 Å². The van der Waals surface area contributed by atoms with Gasteiger partial charge in [-0.2, -0.15) is 0 Å². The molecule has 1 unspecified atom stereocenters. The number of aromatic nitrogens is 1. The number of pyridine rings is 1. The average Bonchev–Trinajstić information content (AvgIpc) is 3.23. The number of hydrogen-bond acceptors (Lipinski definition) is 5. The Hall–Kier alpha value is -2.63. The Kier molecular flexibility index (Phi) is 5.25. The summed E-state index contributed by atoms with van der Waals surface area (Å²) in [6, 6.07) is 7.48. The summed E-state index contributed by atoms with van der Waals surface area (Å²) in [6.07, 6.45) is 6.88. The first-order valence-electron chi connectivity index (χ1n) is 8.08. The molecule has 6 nitrogen and oxygen atoms in total. The van der Waals surface area contributed by atoms with Gasteiger partial charge in [0.2, 0.25) is 5.91 Å². The fraction of sp³-hybridized carbons (Fsp3) is 0.389. The SMILES string of the molecule is O=C(OCCCc1cccnc1)C1CC(=O)N(Cc2ccco2)C1. The highest BCUT2D eigenvalue weighted by atomic mass is 16.5. The summed E-state index contributed by atoms with van der Waals surface area (Å²) in [4.78, 5) is 29.8. The number of amides is 1. The number of aryl methyl sites for hydroxylation is 1. The van der Waals surface area contributed by atoms with Crippen LogP contribution < -0.4 is 0 Å². The van der Waals surface area contributed by atoms with Crippen LogP contribution in [0.4, 0.5) is 0 Å². The second-order valence-corrected chi connectivity index (χ2v) is 5.89. The fourth-order valence-electron chi connectivity index (χ4n) is 2.79. The highest BCUT2D eigenvalue weighted by Gasteiger charge is 2.35. The Morgan fingerprint density at radius 3 is 3.04 bits per heavy atom. The van der Waals surface area contributed by atoms with Gasteiger partial charge in [-0.05, 0) is 36.6 Å². The largest absolute Gasteiger partial charge is 0.467 e. The lowest BCUT2D eigenvalue weighted by atomic mass is 10.1. The molecule has 2 aromatic rings. The number of nitrogens with zero attached hydrogens (tertiary/aromatic N) is 2. The standard InChI is InChI=1S/C18H20N2O4/c21-17-10-15(12-20(17)13-16-6-3-8-23-16)18(22)24-9-2-5-14-4-1-7-19-11-14/h1,3-4,6-8,11,15H,2,5,9-10,12-13H2. The van der Waals surface area contributed by atoms with Gasteiger partial charge in [0.25, 0.3) is 0 Å². The molecule has 6 heteroatoms. The first kappa shape index (κ1) is 16.2. The molecule has 0 spiro atoms. The van der Waals surface area contributed by atoms with Gasteiger partial charge in [-0.15, -0.1) is 0 Å². The number of furan rings is 1. The smallest absolute Gasteiger partial charge is 0.311 e. The summed E-state index contributed by atoms with van der Waals surface area (Å²) < 4.78 is 10.6. The molecule has 24 heavy (non-hydrogen) atoms. The summed E-state index contributed by atoms with van der Waals surface area (Å²) in [7, 11) is 0. The lowest BCUT2D eigenvalue weighted by Crippen LogP contribution is -2.26. The lowest BCUT2D eigenvalue weighted by Gasteiger charge is -2.14. The predicted octanol–water partition coefficient (Wildman–Crippen LogP) is 2.20. The number of hydrogen-bond donors (Lipinski definition) is 0. The molecule has 0 aromatic carbocycles. The van der Waals surface area contributed by atoms with E-state index in [0.717, 1.165) is 18.4 Å². The highest BCUT2D eigenvalue weighted by Crippen LogP contribution is 2.21. The van der Waals surface area contributed by atoms with Crippen molar-refractivity contribution in [3.8, 4) is 0 Å². The van der Waals surface area contributed by atoms with Crippen LogP contribution in [0.1, 0.15) is 24.2 Å². The van der Waals surface area contributed by atoms with Gasteiger partial charge in [-0.3, -0.25) is 14.6 Å². The van der Waals surface area contributed by atoms with E-state index >= 15 is 0 Å². The molecule has 3 rings (SSSR count). The fourth-order valence-corrected chi connectivity index (χ4v) is 2.79. The Labute approximate surface area is 140 Å². The zero-order valence-corrected chi connectivity index (χ0v) is 13.4. The van der Waals surface area contributed by atoms with Crippen molar-refractivity contribution in [3.05, 3.63) is 54.2 Å². The van der Waals surface area contributed by atoms with E-state index in [2.05, 4.69) is 4.98 Å². The quantitative estimate of drug-likeness (QED) is 0.575. The summed E-state index contributed by atoms with van der Waals surface area (Å²) in [5.74, 6) is -0.000108. The van der Waals surface area contributed by atoms with Crippen molar-refractivity contribution in [2.24, 2.45) is 5.92 Å². The van der Waals surface area contributed by atoms with Crippen LogP contribution in [0.25, 0.3) is 0 Å². The van der Waals surface area contributed by atoms with Gasteiger partial charge in [0.1, 0.15) is 5.76 Å². The molecule has 1 aliphatic rings. The maximum atomic E-state index is 12.1. The van der Waals surface area contributed by atoms with Crippen LogP contribution in [0.15, 0.2) is 47.3 Å². The van der Waals surface area contributed by atoms with Crippen LogP contribution in [-0.2, 0) is 27.3 Å². The predicted molar refractivity (Wildman–Crippen MR) is 85.7 cm³/mol. The van der Waals surface area contributed by atoms with Crippen LogP contribution in [0.2, 0.25) is 0 Å². The number of rotatable bonds is 7. The molecular weight excluding hydrogens is 308 g/mol. The molecule has 0 aliphatic carbocycles. The second kappa shape index (κ2) is 7.77. The summed E-state index contributed by atoms with van der Waals surface area (Å²) >= 11 is 0. The van der Waals surface area contributed by atoms with Gasteiger partial charge >= 0.3 is 5.97 Å². The number of likely N-dealkylation sites (tertiary alicyclic amines) is 1. The van der Waals surface area contributed by atoms with Crippen molar-refractivity contribution in [2.75, 3.05) is 13.2 Å². The van der Waals surface area contributed by atoms with Gasteiger partial charge in [-0.25, -0.2) is 0 Å². The first-order chi connectivity index (χ1) is 11.7. The first-order valence-corrected chi connectivity index (χ1v) is 8.08. The van der Waals surface area contributed by atoms with Gasteiger partial charge < -0.3 is 14.1 Å². The van der Waals surface area contributed by atoms with Crippen molar-refractivity contribution in [1.29, 1.82) is 0 Å². The molecule has 0 bridgehead atoms. The van der Waals surface area contributed by atoms with Gasteiger partial charge in [0.05, 0.1) is 25.3 Å². The van der Waals surface area contributed by atoms with E-state index < -0.39 is 0 Å². The topological polar surface area (TPSA) is 72.6 Å². The molecule has 0 saturated carbocycles. The monoisotopic (exact) mass is 328 g/mol. The molecule has 2 aromatic heterocycles. The van der Waals surface area contributed by atoms with Crippen molar-refractivity contribution in [3.63, 3.8) is 0 Å². The molecule has 0 radical (unpaired) electrons. The Bertz CT molecular complexity index is 670. The van der Waals surface area contributed by atoms with E-state index in [0.29, 0.717) is 25.5 Å². The Morgan fingerprint density at radius 2 is 2.29 bits per heavy atom. The Balaban J connectivity index is 1.40. The van der Waals surface area contributed by atoms with Gasteiger partial charge in [-0.1, -0.05) is 6.07 Å². The molecule has 1 fully saturated rings. The van der Waals surface area contributed by atoms with Crippen LogP contribution in [0, 0.1) is 5.92 Å². The van der Waals surface area contributed by atoms with Crippen molar-refractivity contribution in [2.45, 2.75) is 25.8 Å². The van der Waals surface area contributed by atoms with E-state index in [1.807, 2.05) is 24.4 Å². The zero-order chi connectivity index (χ0) is 16.8. The number of ether oxygens (including phenoxy) is 1. The third kappa shape index (κ3) is 4.22. The van der Waals surface area contributed by atoms with E-state index in [1.54, 1.807) is 23.4 Å². The molecule has 0 N–H and O–H groups in total. The summed E-state index contributed by atoms with van der Waals surface area (Å²) in [5.41, 5.74) is 1.12. The van der Waals surface area contributed by atoms with Crippen LogP contribution in [0.3, 0.4) is 0 Å². The van der Waals surface area contributed by atoms with E-state index in [-0.39, 0.29) is 24.2 Å². The third-order valence-electron chi connectivity index (χ3n) is 4.05. The van der Waals surface area contributed by atoms with Crippen molar-refractivity contribution in [1.82, 2.24) is 9.88 Å². The molecule has 1 amide bonds. The number of carbonyl (C=O) groups excluding carboxylic acids is 2. The third-order valence-corrected chi connectivity index (χ3v) is 4.05. The van der Waals surface area contributed by atoms with Crippen LogP contribution in [-0.4, -0.2) is 34.9 Å². The van der Waals surface area contributed by atoms with Crippen molar-refractivity contribution >= 4 is 11.9 Å². The number of carbonyl (C=O) groups is 2. The maximum absolute atomic E-state index is 12.1. The maximum Gasteiger partial charge on any atom is 0.311 e. The molecule has 1 saturated heterocycles. The lowest BCUT2D eigenvalue weighted by molar-refractivity contribution is -0.148. The second-order valence-electron chi connectivity index (χ2n) is 5.89. The van der Waals surface area contributed by atoms with E-state index in [9.17, 15) is 9.59 Å².